The molecule has 1 saturated carbocycles. The van der Waals surface area contributed by atoms with Gasteiger partial charge in [0.25, 0.3) is 0 Å². The molecule has 1 atom stereocenters. The van der Waals surface area contributed by atoms with E-state index in [1.807, 2.05) is 18.2 Å². The zero-order chi connectivity index (χ0) is 18.7. The SMILES string of the molecule is O=C(CSc1n[nH]c(=O)n1CC1CCCO1)NCC1(c2ccccc2)CC1. The van der Waals surface area contributed by atoms with Gasteiger partial charge in [-0.25, -0.2) is 9.89 Å². The summed E-state index contributed by atoms with van der Waals surface area (Å²) in [5.41, 5.74) is 1.13. The number of amides is 1. The zero-order valence-corrected chi connectivity index (χ0v) is 16.0. The Hall–Kier alpha value is -2.06. The van der Waals surface area contributed by atoms with Crippen LogP contribution in [0, 0.1) is 0 Å². The predicted octanol–water partition coefficient (Wildman–Crippen LogP) is 1.69. The number of H-pyrrole nitrogens is 1. The van der Waals surface area contributed by atoms with Crippen LogP contribution in [0.25, 0.3) is 0 Å². The van der Waals surface area contributed by atoms with Crippen LogP contribution in [0.1, 0.15) is 31.2 Å². The third kappa shape index (κ3) is 4.27. The van der Waals surface area contributed by atoms with Gasteiger partial charge in [0.05, 0.1) is 18.4 Å². The maximum absolute atomic E-state index is 12.3. The number of benzene rings is 1. The van der Waals surface area contributed by atoms with Gasteiger partial charge in [-0.2, -0.15) is 0 Å². The molecular weight excluding hydrogens is 364 g/mol. The third-order valence-corrected chi connectivity index (χ3v) is 6.31. The molecule has 2 heterocycles. The largest absolute Gasteiger partial charge is 0.376 e. The van der Waals surface area contributed by atoms with Gasteiger partial charge >= 0.3 is 5.69 Å². The summed E-state index contributed by atoms with van der Waals surface area (Å²) in [7, 11) is 0. The molecule has 1 aromatic carbocycles. The van der Waals surface area contributed by atoms with Crippen LogP contribution in [-0.2, 0) is 21.5 Å². The van der Waals surface area contributed by atoms with E-state index in [9.17, 15) is 9.59 Å². The molecule has 1 aliphatic carbocycles. The zero-order valence-electron chi connectivity index (χ0n) is 15.1. The molecule has 7 nitrogen and oxygen atoms in total. The number of aromatic amines is 1. The number of carbonyl (C=O) groups excluding carboxylic acids is 1. The van der Waals surface area contributed by atoms with Gasteiger partial charge < -0.3 is 10.1 Å². The normalized spacial score (nSPS) is 20.5. The smallest absolute Gasteiger partial charge is 0.344 e. The van der Waals surface area contributed by atoms with Gasteiger partial charge in [-0.05, 0) is 31.2 Å². The highest BCUT2D eigenvalue weighted by Gasteiger charge is 2.44. The highest BCUT2D eigenvalue weighted by molar-refractivity contribution is 7.99. The van der Waals surface area contributed by atoms with Gasteiger partial charge in [0, 0.05) is 18.6 Å². The van der Waals surface area contributed by atoms with Crippen molar-refractivity contribution in [2.75, 3.05) is 18.9 Å². The van der Waals surface area contributed by atoms with Gasteiger partial charge in [0.1, 0.15) is 0 Å². The van der Waals surface area contributed by atoms with Crippen molar-refractivity contribution < 1.29 is 9.53 Å². The second kappa shape index (κ2) is 7.90. The van der Waals surface area contributed by atoms with Crippen LogP contribution >= 0.6 is 11.8 Å². The van der Waals surface area contributed by atoms with Crippen LogP contribution < -0.4 is 11.0 Å². The van der Waals surface area contributed by atoms with E-state index in [0.717, 1.165) is 32.3 Å². The molecule has 0 radical (unpaired) electrons. The molecule has 0 spiro atoms. The molecule has 1 saturated heterocycles. The monoisotopic (exact) mass is 388 g/mol. The summed E-state index contributed by atoms with van der Waals surface area (Å²) < 4.78 is 7.17. The molecule has 1 aliphatic heterocycles. The highest BCUT2D eigenvalue weighted by atomic mass is 32.2. The van der Waals surface area contributed by atoms with Crippen LogP contribution in [-0.4, -0.2) is 45.7 Å². The van der Waals surface area contributed by atoms with Crippen LogP contribution in [0.3, 0.4) is 0 Å². The van der Waals surface area contributed by atoms with Gasteiger partial charge in [-0.3, -0.25) is 9.36 Å². The molecule has 1 aromatic heterocycles. The molecule has 1 amide bonds. The first-order valence-electron chi connectivity index (χ1n) is 9.38. The van der Waals surface area contributed by atoms with Crippen molar-refractivity contribution in [2.45, 2.75) is 48.9 Å². The van der Waals surface area contributed by atoms with E-state index in [4.69, 9.17) is 4.74 Å². The quantitative estimate of drug-likeness (QED) is 0.672. The number of hydrogen-bond acceptors (Lipinski definition) is 5. The van der Waals surface area contributed by atoms with E-state index < -0.39 is 0 Å². The maximum Gasteiger partial charge on any atom is 0.344 e. The fraction of sp³-hybridized carbons (Fsp3) is 0.526. The molecule has 1 unspecified atom stereocenters. The number of ether oxygens (including phenoxy) is 1. The first-order valence-corrected chi connectivity index (χ1v) is 10.4. The first kappa shape index (κ1) is 18.3. The summed E-state index contributed by atoms with van der Waals surface area (Å²) in [5, 5.41) is 10.1. The number of carbonyl (C=O) groups is 1. The molecule has 27 heavy (non-hydrogen) atoms. The van der Waals surface area contributed by atoms with Crippen molar-refractivity contribution in [3.05, 3.63) is 46.4 Å². The average molecular weight is 388 g/mol. The lowest BCUT2D eigenvalue weighted by atomic mass is 9.96. The lowest BCUT2D eigenvalue weighted by Gasteiger charge is -2.16. The highest BCUT2D eigenvalue weighted by Crippen LogP contribution is 2.47. The third-order valence-electron chi connectivity index (χ3n) is 5.33. The van der Waals surface area contributed by atoms with Gasteiger partial charge in [0.2, 0.25) is 5.91 Å². The Morgan fingerprint density at radius 3 is 2.89 bits per heavy atom. The van der Waals surface area contributed by atoms with E-state index in [1.54, 1.807) is 4.57 Å². The molecular formula is C19H24N4O3S. The summed E-state index contributed by atoms with van der Waals surface area (Å²) in [6, 6.07) is 10.3. The second-order valence-corrected chi connectivity index (χ2v) is 8.21. The minimum absolute atomic E-state index is 0.0404. The lowest BCUT2D eigenvalue weighted by Crippen LogP contribution is -2.33. The number of aromatic nitrogens is 3. The van der Waals surface area contributed by atoms with E-state index in [1.165, 1.54) is 17.3 Å². The molecule has 8 heteroatoms. The Kier molecular flexibility index (Phi) is 5.36. The van der Waals surface area contributed by atoms with E-state index >= 15 is 0 Å². The van der Waals surface area contributed by atoms with Gasteiger partial charge in [-0.15, -0.1) is 5.10 Å². The average Bonchev–Trinajstić information content (AvgIpc) is 3.16. The molecule has 2 fully saturated rings. The summed E-state index contributed by atoms with van der Waals surface area (Å²) in [5.74, 6) is 0.196. The second-order valence-electron chi connectivity index (χ2n) is 7.27. The number of rotatable bonds is 8. The van der Waals surface area contributed by atoms with E-state index in [0.29, 0.717) is 18.2 Å². The molecule has 144 valence electrons. The summed E-state index contributed by atoms with van der Waals surface area (Å²) in [6.07, 6.45) is 4.22. The lowest BCUT2D eigenvalue weighted by molar-refractivity contribution is -0.118. The summed E-state index contributed by atoms with van der Waals surface area (Å²) in [4.78, 5) is 24.3. The molecule has 4 rings (SSSR count). The van der Waals surface area contributed by atoms with Crippen molar-refractivity contribution in [3.63, 3.8) is 0 Å². The number of thioether (sulfide) groups is 1. The van der Waals surface area contributed by atoms with Crippen molar-refractivity contribution in [2.24, 2.45) is 0 Å². The fourth-order valence-corrected chi connectivity index (χ4v) is 4.31. The van der Waals surface area contributed by atoms with E-state index in [2.05, 4.69) is 27.6 Å². The Balaban J connectivity index is 1.29. The number of hydrogen-bond donors (Lipinski definition) is 2. The topological polar surface area (TPSA) is 89.0 Å². The Morgan fingerprint density at radius 2 is 2.19 bits per heavy atom. The number of nitrogens with zero attached hydrogens (tertiary/aromatic N) is 2. The van der Waals surface area contributed by atoms with Crippen LogP contribution in [0.5, 0.6) is 0 Å². The van der Waals surface area contributed by atoms with E-state index in [-0.39, 0.29) is 28.9 Å². The maximum atomic E-state index is 12.3. The number of nitrogens with one attached hydrogen (secondary N) is 2. The Morgan fingerprint density at radius 1 is 1.37 bits per heavy atom. The Labute approximate surface area is 161 Å². The molecule has 2 N–H and O–H groups in total. The molecule has 0 bridgehead atoms. The molecule has 2 aromatic rings. The van der Waals surface area contributed by atoms with Crippen molar-refractivity contribution >= 4 is 17.7 Å². The summed E-state index contributed by atoms with van der Waals surface area (Å²) >= 11 is 1.28. The Bertz CT molecular complexity index is 838. The van der Waals surface area contributed by atoms with Crippen molar-refractivity contribution in [1.82, 2.24) is 20.1 Å². The minimum Gasteiger partial charge on any atom is -0.376 e. The standard InChI is InChI=1S/C19H24N4O3S/c24-16(20-13-19(8-9-19)14-5-2-1-3-6-14)12-27-18-22-21-17(25)23(18)11-15-7-4-10-26-15/h1-3,5-6,15H,4,7-13H2,(H,20,24)(H,21,25). The summed E-state index contributed by atoms with van der Waals surface area (Å²) in [6.45, 7) is 1.88. The van der Waals surface area contributed by atoms with Crippen molar-refractivity contribution in [1.29, 1.82) is 0 Å². The van der Waals surface area contributed by atoms with Crippen molar-refractivity contribution in [3.8, 4) is 0 Å². The predicted molar refractivity (Wildman–Crippen MR) is 103 cm³/mol. The van der Waals surface area contributed by atoms with Gasteiger partial charge in [-0.1, -0.05) is 42.1 Å². The fourth-order valence-electron chi connectivity index (χ4n) is 3.53. The minimum atomic E-state index is -0.255. The first-order chi connectivity index (χ1) is 13.2. The van der Waals surface area contributed by atoms with Gasteiger partial charge in [0.15, 0.2) is 5.16 Å². The molecule has 2 aliphatic rings. The van der Waals surface area contributed by atoms with Crippen LogP contribution in [0.2, 0.25) is 0 Å². The van der Waals surface area contributed by atoms with Crippen LogP contribution in [0.4, 0.5) is 0 Å². The van der Waals surface area contributed by atoms with Crippen LogP contribution in [0.15, 0.2) is 40.3 Å².